The Balaban J connectivity index is 0.000000169. The van der Waals surface area contributed by atoms with Gasteiger partial charge >= 0.3 is 0 Å². The van der Waals surface area contributed by atoms with Crippen LogP contribution in [0.15, 0.2) is 119 Å². The third-order valence-electron chi connectivity index (χ3n) is 9.27. The number of thiazole rings is 1. The van der Waals surface area contributed by atoms with E-state index in [1.165, 1.54) is 19.9 Å². The molecule has 282 valence electrons. The van der Waals surface area contributed by atoms with Crippen LogP contribution in [-0.2, 0) is 20.6 Å². The van der Waals surface area contributed by atoms with Gasteiger partial charge in [0.1, 0.15) is 0 Å². The maximum atomic E-state index is 12.9. The zero-order valence-corrected chi connectivity index (χ0v) is 32.9. The van der Waals surface area contributed by atoms with E-state index >= 15 is 0 Å². The second-order valence-electron chi connectivity index (χ2n) is 14.1. The third-order valence-corrected chi connectivity index (χ3v) is 14.4. The molecule has 5 N–H and O–H groups in total. The van der Waals surface area contributed by atoms with E-state index in [9.17, 15) is 22.8 Å². The summed E-state index contributed by atoms with van der Waals surface area (Å²) in [5, 5.41) is 35.3. The van der Waals surface area contributed by atoms with Crippen LogP contribution in [0.25, 0.3) is 42.9 Å². The second-order valence-corrected chi connectivity index (χ2v) is 19.7. The molecule has 15 heteroatoms. The van der Waals surface area contributed by atoms with Crippen LogP contribution >= 0.6 is 11.3 Å². The standard InChI is InChI=1S/C20H20N4O3S.C20H19N3O2S2/c1-20(2,12-25)28(26,27)15-5-6-17-16(10-15)18(7-8-21-17)23-14-4-3-13-11-22-24-19(13)9-14;1-20(2,11-24)27(25)14-4-5-16-15(10-14)17(7-8-21-16)23-13-3-6-19-18(9-13)22-12-26-19/h3-11,25H,12H2,1-2H3,(H,21,23)(H,22,24);3-10,12,24H,11H2,1-2H3,(H,21,23). The van der Waals surface area contributed by atoms with E-state index in [1.54, 1.807) is 62.0 Å². The van der Waals surface area contributed by atoms with E-state index in [0.717, 1.165) is 54.8 Å². The molecular weight excluding hydrogens is 755 g/mol. The highest BCUT2D eigenvalue weighted by Crippen LogP contribution is 2.33. The van der Waals surface area contributed by atoms with Gasteiger partial charge in [0.2, 0.25) is 0 Å². The van der Waals surface area contributed by atoms with E-state index in [-0.39, 0.29) is 11.5 Å². The number of aliphatic hydroxyl groups excluding tert-OH is 2. The fourth-order valence-corrected chi connectivity index (χ4v) is 8.95. The molecule has 1 unspecified atom stereocenters. The molecule has 0 aliphatic heterocycles. The minimum Gasteiger partial charge on any atom is -0.395 e. The fourth-order valence-electron chi connectivity index (χ4n) is 5.79. The molecule has 0 spiro atoms. The van der Waals surface area contributed by atoms with Crippen LogP contribution in [0.4, 0.5) is 22.7 Å². The molecule has 0 aliphatic rings. The van der Waals surface area contributed by atoms with Gasteiger partial charge in [0.15, 0.2) is 9.84 Å². The first-order chi connectivity index (χ1) is 26.3. The molecule has 8 rings (SSSR count). The van der Waals surface area contributed by atoms with Crippen LogP contribution in [0.2, 0.25) is 0 Å². The van der Waals surface area contributed by atoms with E-state index < -0.39 is 36.7 Å². The maximum Gasteiger partial charge on any atom is 0.185 e. The average molecular weight is 794 g/mol. The molecule has 0 bridgehead atoms. The van der Waals surface area contributed by atoms with Crippen LogP contribution in [0.3, 0.4) is 0 Å². The summed E-state index contributed by atoms with van der Waals surface area (Å²) in [6.45, 7) is 5.99. The van der Waals surface area contributed by atoms with Crippen molar-refractivity contribution in [3.8, 4) is 0 Å². The van der Waals surface area contributed by atoms with Crippen molar-refractivity contribution >= 4 is 97.6 Å². The summed E-state index contributed by atoms with van der Waals surface area (Å²) in [6.07, 6.45) is 5.17. The van der Waals surface area contributed by atoms with Crippen molar-refractivity contribution in [3.05, 3.63) is 109 Å². The first-order valence-electron chi connectivity index (χ1n) is 17.3. The van der Waals surface area contributed by atoms with Gasteiger partial charge in [-0.05, 0) is 113 Å². The largest absolute Gasteiger partial charge is 0.395 e. The molecule has 12 nitrogen and oxygen atoms in total. The van der Waals surface area contributed by atoms with Crippen LogP contribution in [0.5, 0.6) is 0 Å². The van der Waals surface area contributed by atoms with Crippen molar-refractivity contribution < 1.29 is 22.8 Å². The van der Waals surface area contributed by atoms with Gasteiger partial charge in [-0.3, -0.25) is 19.3 Å². The van der Waals surface area contributed by atoms with E-state index in [4.69, 9.17) is 0 Å². The Morgan fingerprint density at radius 2 is 1.40 bits per heavy atom. The average Bonchev–Trinajstić information content (AvgIpc) is 3.87. The van der Waals surface area contributed by atoms with E-state index in [0.29, 0.717) is 15.8 Å². The lowest BCUT2D eigenvalue weighted by Crippen LogP contribution is -2.35. The lowest BCUT2D eigenvalue weighted by atomic mass is 10.1. The zero-order valence-electron chi connectivity index (χ0n) is 30.4. The normalized spacial score (nSPS) is 12.8. The molecule has 55 heavy (non-hydrogen) atoms. The smallest absolute Gasteiger partial charge is 0.185 e. The van der Waals surface area contributed by atoms with Crippen LogP contribution in [-0.4, -0.2) is 70.7 Å². The Morgan fingerprint density at radius 1 is 0.745 bits per heavy atom. The minimum atomic E-state index is -3.71. The summed E-state index contributed by atoms with van der Waals surface area (Å²) >= 11 is 1.61. The number of aliphatic hydroxyl groups is 2. The number of anilines is 4. The Hall–Kier alpha value is -5.32. The molecule has 0 saturated heterocycles. The quantitative estimate of drug-likeness (QED) is 0.0909. The monoisotopic (exact) mass is 793 g/mol. The Bertz CT molecular complexity index is 2820. The molecule has 1 atom stereocenters. The van der Waals surface area contributed by atoms with Crippen LogP contribution in [0.1, 0.15) is 27.7 Å². The molecule has 0 saturated carbocycles. The van der Waals surface area contributed by atoms with Gasteiger partial charge in [0.05, 0.1) is 76.9 Å². The molecule has 4 aromatic carbocycles. The van der Waals surface area contributed by atoms with Crippen molar-refractivity contribution in [2.75, 3.05) is 23.8 Å². The predicted molar refractivity (Wildman–Crippen MR) is 222 cm³/mol. The molecule has 8 aromatic rings. The number of rotatable bonds is 10. The number of nitrogens with zero attached hydrogens (tertiary/aromatic N) is 4. The fraction of sp³-hybridized carbons (Fsp3) is 0.200. The highest BCUT2D eigenvalue weighted by Gasteiger charge is 2.35. The van der Waals surface area contributed by atoms with Crippen molar-refractivity contribution in [2.24, 2.45) is 0 Å². The summed E-state index contributed by atoms with van der Waals surface area (Å²) in [5.74, 6) is 0. The van der Waals surface area contributed by atoms with Crippen molar-refractivity contribution in [1.29, 1.82) is 0 Å². The van der Waals surface area contributed by atoms with Gasteiger partial charge in [-0.1, -0.05) is 0 Å². The number of aromatic amines is 1. The van der Waals surface area contributed by atoms with Crippen molar-refractivity contribution in [3.63, 3.8) is 0 Å². The number of fused-ring (bicyclic) bond motifs is 4. The van der Waals surface area contributed by atoms with E-state index in [2.05, 4.69) is 35.8 Å². The van der Waals surface area contributed by atoms with Gasteiger partial charge in [-0.2, -0.15) is 5.10 Å². The summed E-state index contributed by atoms with van der Waals surface area (Å²) in [7, 11) is -5.04. The number of aromatic nitrogens is 5. The topological polar surface area (TPSA) is 183 Å². The molecule has 0 aliphatic carbocycles. The lowest BCUT2D eigenvalue weighted by molar-refractivity contribution is 0.258. The van der Waals surface area contributed by atoms with Crippen molar-refractivity contribution in [1.82, 2.24) is 25.1 Å². The number of nitrogens with one attached hydrogen (secondary N) is 3. The highest BCUT2D eigenvalue weighted by atomic mass is 32.2. The summed E-state index contributed by atoms with van der Waals surface area (Å²) in [4.78, 5) is 13.9. The zero-order chi connectivity index (χ0) is 39.0. The molecule has 4 aromatic heterocycles. The first kappa shape index (κ1) is 38.0. The molecular formula is C40H39N7O5S3. The highest BCUT2D eigenvalue weighted by molar-refractivity contribution is 7.92. The number of benzene rings is 4. The molecule has 4 heterocycles. The van der Waals surface area contributed by atoms with Gasteiger partial charge < -0.3 is 20.8 Å². The van der Waals surface area contributed by atoms with Gasteiger partial charge in [0, 0.05) is 56.2 Å². The van der Waals surface area contributed by atoms with Crippen LogP contribution < -0.4 is 10.6 Å². The molecule has 0 amide bonds. The Morgan fingerprint density at radius 3 is 2.09 bits per heavy atom. The van der Waals surface area contributed by atoms with E-state index in [1.807, 2.05) is 66.2 Å². The number of sulfone groups is 1. The molecule has 0 fully saturated rings. The lowest BCUT2D eigenvalue weighted by Gasteiger charge is -2.22. The third kappa shape index (κ3) is 7.66. The van der Waals surface area contributed by atoms with Crippen molar-refractivity contribution in [2.45, 2.75) is 47.0 Å². The maximum absolute atomic E-state index is 12.9. The number of H-pyrrole nitrogens is 1. The van der Waals surface area contributed by atoms with Gasteiger partial charge in [-0.25, -0.2) is 13.4 Å². The summed E-state index contributed by atoms with van der Waals surface area (Å²) < 4.78 is 37.8. The van der Waals surface area contributed by atoms with Gasteiger partial charge in [0.25, 0.3) is 0 Å². The van der Waals surface area contributed by atoms with Crippen LogP contribution in [0, 0.1) is 0 Å². The SMILES string of the molecule is CC(C)(CO)S(=O)(=O)c1ccc2nccc(Nc3ccc4cn[nH]c4c3)c2c1.CC(C)(CO)S(=O)c1ccc2nccc(Nc3ccc4scnc4c3)c2c1. The Labute approximate surface area is 324 Å². The summed E-state index contributed by atoms with van der Waals surface area (Å²) in [5.41, 5.74) is 8.58. The predicted octanol–water partition coefficient (Wildman–Crippen LogP) is 7.87. The number of hydrogen-bond acceptors (Lipinski definition) is 12. The first-order valence-corrected chi connectivity index (χ1v) is 20.8. The second kappa shape index (κ2) is 15.1. The number of pyridine rings is 2. The minimum absolute atomic E-state index is 0.149. The molecule has 0 radical (unpaired) electrons. The number of hydrogen-bond donors (Lipinski definition) is 5. The summed E-state index contributed by atoms with van der Waals surface area (Å²) in [6, 6.07) is 26.0. The van der Waals surface area contributed by atoms with Gasteiger partial charge in [-0.15, -0.1) is 11.3 Å². The Kier molecular flexibility index (Phi) is 10.4.